The van der Waals surface area contributed by atoms with E-state index in [-0.39, 0.29) is 16.7 Å². The Balaban J connectivity index is 1.89. The second kappa shape index (κ2) is 7.63. The third-order valence-corrected chi connectivity index (χ3v) is 3.85. The zero-order chi connectivity index (χ0) is 16.8. The van der Waals surface area contributed by atoms with Crippen molar-refractivity contribution in [2.45, 2.75) is 11.9 Å². The van der Waals surface area contributed by atoms with Crippen LogP contribution in [0.15, 0.2) is 33.8 Å². The van der Waals surface area contributed by atoms with Gasteiger partial charge in [-0.2, -0.15) is 0 Å². The molecule has 1 N–H and O–H groups in total. The molecule has 0 spiro atoms. The van der Waals surface area contributed by atoms with E-state index in [1.807, 2.05) is 0 Å². The first-order chi connectivity index (χ1) is 11.0. The van der Waals surface area contributed by atoms with Gasteiger partial charge in [0.05, 0.1) is 23.2 Å². The summed E-state index contributed by atoms with van der Waals surface area (Å²) in [5.74, 6) is -1.25. The van der Waals surface area contributed by atoms with Crippen molar-refractivity contribution in [3.05, 3.63) is 29.8 Å². The number of nitrogens with zero attached hydrogens (tertiary/aromatic N) is 2. The summed E-state index contributed by atoms with van der Waals surface area (Å²) in [5.41, 5.74) is 0.951. The Morgan fingerprint density at radius 1 is 1.39 bits per heavy atom. The second-order valence-corrected chi connectivity index (χ2v) is 5.39. The third kappa shape index (κ3) is 4.46. The number of carbonyl (C=O) groups excluding carboxylic acids is 2. The molecule has 0 bridgehead atoms. The number of nitrogens with one attached hydrogen (secondary N) is 1. The van der Waals surface area contributed by atoms with Crippen LogP contribution in [0.25, 0.3) is 0 Å². The number of hydrogen-bond donors (Lipinski definition) is 1. The molecule has 0 fully saturated rings. The highest BCUT2D eigenvalue weighted by molar-refractivity contribution is 7.99. The maximum absolute atomic E-state index is 11.9. The van der Waals surface area contributed by atoms with Gasteiger partial charge in [-0.25, -0.2) is 4.79 Å². The fraction of sp³-hybridized carbons (Fsp3) is 0.286. The molecule has 0 saturated carbocycles. The predicted molar refractivity (Wildman–Crippen MR) is 78.9 cm³/mol. The van der Waals surface area contributed by atoms with Gasteiger partial charge in [0, 0.05) is 5.69 Å². The lowest BCUT2D eigenvalue weighted by atomic mass is 10.2. The molecule has 0 unspecified atom stereocenters. The minimum atomic E-state index is -0.580. The molecule has 0 saturated heterocycles. The van der Waals surface area contributed by atoms with E-state index >= 15 is 0 Å². The molecule has 0 aliphatic rings. The number of ether oxygens (including phenoxy) is 1. The van der Waals surface area contributed by atoms with Gasteiger partial charge in [0.25, 0.3) is 5.03 Å². The number of carbonyl (C=O) groups is 2. The number of amides is 1. The lowest BCUT2D eigenvalue weighted by Crippen LogP contribution is -2.32. The Morgan fingerprint density at radius 3 is 2.65 bits per heavy atom. The van der Waals surface area contributed by atoms with Crippen LogP contribution in [0.5, 0.6) is 5.95 Å². The fourth-order valence-corrected chi connectivity index (χ4v) is 2.41. The van der Waals surface area contributed by atoms with Gasteiger partial charge in [0.1, 0.15) is 0 Å². The van der Waals surface area contributed by atoms with Gasteiger partial charge >= 0.3 is 5.97 Å². The summed E-state index contributed by atoms with van der Waals surface area (Å²) in [6, 6.07) is 6.34. The van der Waals surface area contributed by atoms with E-state index < -0.39 is 11.9 Å². The average molecular weight is 337 g/mol. The number of hydrogen-bond acceptors (Lipinski definition) is 7. The highest BCUT2D eigenvalue weighted by Gasteiger charge is 2.16. The van der Waals surface area contributed by atoms with Crippen LogP contribution in [0.3, 0.4) is 0 Å². The van der Waals surface area contributed by atoms with Crippen LogP contribution in [0, 0.1) is 0 Å². The van der Waals surface area contributed by atoms with Crippen LogP contribution in [0.2, 0.25) is 0 Å². The molecule has 1 aromatic heterocycles. The number of thioether (sulfide) groups is 1. The molecule has 0 atom stereocenters. The van der Waals surface area contributed by atoms with Gasteiger partial charge < -0.3 is 19.7 Å². The summed E-state index contributed by atoms with van der Waals surface area (Å²) in [6.45, 7) is 2.03. The maximum atomic E-state index is 11.9. The van der Waals surface area contributed by atoms with Gasteiger partial charge in [-0.3, -0.25) is 4.79 Å². The smallest absolute Gasteiger partial charge is 0.338 e. The van der Waals surface area contributed by atoms with Crippen LogP contribution in [0.4, 0.5) is 5.69 Å². The minimum Gasteiger partial charge on any atom is -0.538 e. The first-order valence-electron chi connectivity index (χ1n) is 6.74. The molecule has 8 nitrogen and oxygen atoms in total. The Morgan fingerprint density at radius 2 is 2.09 bits per heavy atom. The van der Waals surface area contributed by atoms with E-state index in [9.17, 15) is 14.7 Å². The number of aromatic nitrogens is 2. The van der Waals surface area contributed by atoms with Crippen LogP contribution in [-0.4, -0.2) is 29.5 Å². The van der Waals surface area contributed by atoms with Crippen molar-refractivity contribution >= 4 is 29.3 Å². The lowest BCUT2D eigenvalue weighted by molar-refractivity contribution is -0.772. The molecule has 2 rings (SSSR count). The lowest BCUT2D eigenvalue weighted by Gasteiger charge is -2.06. The van der Waals surface area contributed by atoms with Crippen molar-refractivity contribution in [3.63, 3.8) is 0 Å². The molecule has 2 aromatic rings. The van der Waals surface area contributed by atoms with Crippen LogP contribution >= 0.6 is 11.8 Å². The second-order valence-electron chi connectivity index (χ2n) is 4.42. The summed E-state index contributed by atoms with van der Waals surface area (Å²) in [7, 11) is 1.55. The number of aryl methyl sites for hydroxylation is 1. The summed E-state index contributed by atoms with van der Waals surface area (Å²) in [4.78, 5) is 23.4. The van der Waals surface area contributed by atoms with Crippen LogP contribution in [0.1, 0.15) is 17.3 Å². The summed E-state index contributed by atoms with van der Waals surface area (Å²) < 4.78 is 10.6. The van der Waals surface area contributed by atoms with Gasteiger partial charge in [-0.15, -0.1) is 0 Å². The normalized spacial score (nSPS) is 10.3. The molecule has 9 heteroatoms. The molecular formula is C14H15N3O5S. The minimum absolute atomic E-state index is 0.0317. The predicted octanol–water partition coefficient (Wildman–Crippen LogP) is 0.480. The van der Waals surface area contributed by atoms with Crippen molar-refractivity contribution in [2.24, 2.45) is 7.05 Å². The topological polar surface area (TPSA) is 108 Å². The van der Waals surface area contributed by atoms with Crippen molar-refractivity contribution in [2.75, 3.05) is 17.7 Å². The Bertz CT molecular complexity index is 679. The monoisotopic (exact) mass is 337 g/mol. The van der Waals surface area contributed by atoms with E-state index in [1.54, 1.807) is 38.2 Å². The van der Waals surface area contributed by atoms with E-state index in [0.717, 1.165) is 11.8 Å². The number of benzene rings is 1. The number of rotatable bonds is 6. The molecule has 1 amide bonds. The van der Waals surface area contributed by atoms with Gasteiger partial charge in [-0.1, -0.05) is 4.68 Å². The standard InChI is InChI=1S/C14H15N3O5S/c1-3-21-13(19)9-4-6-10(7-5-9)15-11(18)8-23-12-14(20)22-16-17(12)2/h4-7H,3,8H2,1-2H3,(H-,15,16,18,19,20). The maximum Gasteiger partial charge on any atom is 0.338 e. The largest absolute Gasteiger partial charge is 0.538 e. The Kier molecular flexibility index (Phi) is 5.58. The Hall–Kier alpha value is -2.55. The summed E-state index contributed by atoms with van der Waals surface area (Å²) in [5, 5.41) is 17.7. The van der Waals surface area contributed by atoms with Crippen LogP contribution < -0.4 is 15.1 Å². The molecule has 23 heavy (non-hydrogen) atoms. The van der Waals surface area contributed by atoms with E-state index in [2.05, 4.69) is 15.1 Å². The van der Waals surface area contributed by atoms with Gasteiger partial charge in [0.2, 0.25) is 5.91 Å². The van der Waals surface area contributed by atoms with Crippen molar-refractivity contribution in [1.82, 2.24) is 5.27 Å². The van der Waals surface area contributed by atoms with Crippen molar-refractivity contribution < 1.29 is 28.6 Å². The molecule has 1 heterocycles. The molecule has 1 aromatic carbocycles. The molecule has 122 valence electrons. The third-order valence-electron chi connectivity index (χ3n) is 2.73. The highest BCUT2D eigenvalue weighted by atomic mass is 32.2. The zero-order valence-corrected chi connectivity index (χ0v) is 13.4. The fourth-order valence-electron chi connectivity index (χ4n) is 1.69. The van der Waals surface area contributed by atoms with Crippen molar-refractivity contribution in [3.8, 4) is 5.95 Å². The number of anilines is 1. The molecule has 0 aliphatic carbocycles. The van der Waals surface area contributed by atoms with E-state index in [1.165, 1.54) is 4.68 Å². The highest BCUT2D eigenvalue weighted by Crippen LogP contribution is 2.21. The molecule has 0 aliphatic heterocycles. The van der Waals surface area contributed by atoms with Gasteiger partial charge in [0.15, 0.2) is 13.0 Å². The first-order valence-corrected chi connectivity index (χ1v) is 7.72. The molecular weight excluding hydrogens is 322 g/mol. The first kappa shape index (κ1) is 16.8. The summed E-state index contributed by atoms with van der Waals surface area (Å²) in [6.07, 6.45) is 0. The Labute approximate surface area is 136 Å². The van der Waals surface area contributed by atoms with Crippen LogP contribution in [-0.2, 0) is 16.6 Å². The summed E-state index contributed by atoms with van der Waals surface area (Å²) >= 11 is 1.03. The van der Waals surface area contributed by atoms with Crippen molar-refractivity contribution in [1.29, 1.82) is 0 Å². The quantitative estimate of drug-likeness (QED) is 0.464. The van der Waals surface area contributed by atoms with Gasteiger partial charge in [-0.05, 0) is 43.0 Å². The molecule has 0 radical (unpaired) electrons. The average Bonchev–Trinajstić information content (AvgIpc) is 2.85. The van der Waals surface area contributed by atoms with E-state index in [0.29, 0.717) is 17.9 Å². The van der Waals surface area contributed by atoms with E-state index in [4.69, 9.17) is 4.74 Å². The SMILES string of the molecule is CCOC(=O)c1ccc(NC(=O)CSc2c([O-])on[n+]2C)cc1. The number of esters is 1. The zero-order valence-electron chi connectivity index (χ0n) is 12.6.